The van der Waals surface area contributed by atoms with E-state index in [1.807, 2.05) is 25.8 Å². The second kappa shape index (κ2) is 6.24. The number of carbonyl (C=O) groups excluding carboxylic acids is 1. The zero-order valence-corrected chi connectivity index (χ0v) is 11.0. The highest BCUT2D eigenvalue weighted by atomic mass is 16.2. The lowest BCUT2D eigenvalue weighted by Gasteiger charge is -2.38. The summed E-state index contributed by atoms with van der Waals surface area (Å²) in [6.45, 7) is 5.76. The SMILES string of the molecule is CCN(CC)C(=O)CC1(NC)CCCCC1. The van der Waals surface area contributed by atoms with Crippen molar-refractivity contribution in [3.05, 3.63) is 0 Å². The molecule has 0 saturated heterocycles. The number of nitrogens with one attached hydrogen (secondary N) is 1. The van der Waals surface area contributed by atoms with Gasteiger partial charge in [0.1, 0.15) is 0 Å². The molecule has 1 amide bonds. The third kappa shape index (κ3) is 3.21. The maximum absolute atomic E-state index is 12.1. The highest BCUT2D eigenvalue weighted by molar-refractivity contribution is 5.77. The molecule has 0 atom stereocenters. The smallest absolute Gasteiger partial charge is 0.224 e. The Hall–Kier alpha value is -0.570. The first-order valence-corrected chi connectivity index (χ1v) is 6.64. The van der Waals surface area contributed by atoms with Crippen LogP contribution < -0.4 is 5.32 Å². The fourth-order valence-electron chi connectivity index (χ4n) is 2.72. The van der Waals surface area contributed by atoms with Crippen LogP contribution in [0.2, 0.25) is 0 Å². The molecule has 0 aliphatic heterocycles. The molecule has 1 rings (SSSR count). The monoisotopic (exact) mass is 226 g/mol. The lowest BCUT2D eigenvalue weighted by Crippen LogP contribution is -2.49. The molecule has 3 nitrogen and oxygen atoms in total. The van der Waals surface area contributed by atoms with Crippen molar-refractivity contribution in [3.8, 4) is 0 Å². The van der Waals surface area contributed by atoms with Crippen LogP contribution in [-0.4, -0.2) is 36.5 Å². The van der Waals surface area contributed by atoms with Crippen LogP contribution in [0.3, 0.4) is 0 Å². The van der Waals surface area contributed by atoms with Crippen LogP contribution in [0.15, 0.2) is 0 Å². The van der Waals surface area contributed by atoms with E-state index in [-0.39, 0.29) is 5.54 Å². The van der Waals surface area contributed by atoms with Crippen LogP contribution in [0, 0.1) is 0 Å². The molecule has 0 unspecified atom stereocenters. The Bertz CT molecular complexity index is 218. The molecule has 0 aromatic carbocycles. The molecule has 94 valence electrons. The number of nitrogens with zero attached hydrogens (tertiary/aromatic N) is 1. The van der Waals surface area contributed by atoms with Gasteiger partial charge in [0.05, 0.1) is 0 Å². The predicted molar refractivity (Wildman–Crippen MR) is 67.4 cm³/mol. The maximum atomic E-state index is 12.1. The standard InChI is InChI=1S/C13H26N2O/c1-4-15(5-2)12(16)11-13(14-3)9-7-6-8-10-13/h14H,4-11H2,1-3H3. The van der Waals surface area contributed by atoms with E-state index in [2.05, 4.69) is 5.32 Å². The summed E-state index contributed by atoms with van der Waals surface area (Å²) in [5, 5.41) is 3.40. The van der Waals surface area contributed by atoms with Gasteiger partial charge in [-0.15, -0.1) is 0 Å². The molecule has 3 heteroatoms. The highest BCUT2D eigenvalue weighted by Crippen LogP contribution is 2.31. The summed E-state index contributed by atoms with van der Waals surface area (Å²) < 4.78 is 0. The van der Waals surface area contributed by atoms with Crippen LogP contribution in [0.25, 0.3) is 0 Å². The molecule has 0 radical (unpaired) electrons. The summed E-state index contributed by atoms with van der Waals surface area (Å²) in [5.74, 6) is 0.307. The average molecular weight is 226 g/mol. The molecule has 1 N–H and O–H groups in total. The van der Waals surface area contributed by atoms with E-state index in [1.54, 1.807) is 0 Å². The van der Waals surface area contributed by atoms with E-state index in [9.17, 15) is 4.79 Å². The van der Waals surface area contributed by atoms with Gasteiger partial charge in [-0.2, -0.15) is 0 Å². The zero-order valence-electron chi connectivity index (χ0n) is 11.0. The summed E-state index contributed by atoms with van der Waals surface area (Å²) in [6.07, 6.45) is 6.81. The van der Waals surface area contributed by atoms with Crippen molar-refractivity contribution in [2.24, 2.45) is 0 Å². The van der Waals surface area contributed by atoms with E-state index in [0.29, 0.717) is 12.3 Å². The molecule has 0 spiro atoms. The summed E-state index contributed by atoms with van der Waals surface area (Å²) in [6, 6.07) is 0. The average Bonchev–Trinajstić information content (AvgIpc) is 2.32. The van der Waals surface area contributed by atoms with E-state index in [1.165, 1.54) is 19.3 Å². The van der Waals surface area contributed by atoms with Crippen molar-refractivity contribution in [3.63, 3.8) is 0 Å². The molecule has 0 bridgehead atoms. The summed E-state index contributed by atoms with van der Waals surface area (Å²) in [7, 11) is 2.00. The van der Waals surface area contributed by atoms with Gasteiger partial charge in [-0.1, -0.05) is 19.3 Å². The molecule has 0 aromatic rings. The van der Waals surface area contributed by atoms with Crippen molar-refractivity contribution in [2.75, 3.05) is 20.1 Å². The molecule has 0 heterocycles. The van der Waals surface area contributed by atoms with Crippen LogP contribution in [0.1, 0.15) is 52.4 Å². The minimum atomic E-state index is 0.0813. The third-order valence-electron chi connectivity index (χ3n) is 3.95. The molecule has 1 saturated carbocycles. The molecule has 1 fully saturated rings. The van der Waals surface area contributed by atoms with E-state index in [0.717, 1.165) is 25.9 Å². The van der Waals surface area contributed by atoms with Gasteiger partial charge in [0.2, 0.25) is 5.91 Å². The van der Waals surface area contributed by atoms with Crippen LogP contribution >= 0.6 is 0 Å². The van der Waals surface area contributed by atoms with Crippen LogP contribution in [-0.2, 0) is 4.79 Å². The van der Waals surface area contributed by atoms with Crippen molar-refractivity contribution >= 4 is 5.91 Å². The Kier molecular flexibility index (Phi) is 5.26. The molecular formula is C13H26N2O. The quantitative estimate of drug-likeness (QED) is 0.779. The van der Waals surface area contributed by atoms with Gasteiger partial charge in [-0.3, -0.25) is 4.79 Å². The number of amides is 1. The largest absolute Gasteiger partial charge is 0.343 e. The Balaban J connectivity index is 2.57. The molecule has 16 heavy (non-hydrogen) atoms. The van der Waals surface area contributed by atoms with Gasteiger partial charge in [-0.05, 0) is 33.7 Å². The first-order chi connectivity index (χ1) is 7.67. The van der Waals surface area contributed by atoms with Crippen LogP contribution in [0.5, 0.6) is 0 Å². The Morgan fingerprint density at radius 2 is 1.75 bits per heavy atom. The van der Waals surface area contributed by atoms with Crippen molar-refractivity contribution in [1.29, 1.82) is 0 Å². The molecule has 1 aliphatic rings. The van der Waals surface area contributed by atoms with E-state index in [4.69, 9.17) is 0 Å². The predicted octanol–water partition coefficient (Wildman–Crippen LogP) is 2.17. The second-order valence-corrected chi connectivity index (χ2v) is 4.83. The first kappa shape index (κ1) is 13.5. The lowest BCUT2D eigenvalue weighted by molar-refractivity contribution is -0.132. The van der Waals surface area contributed by atoms with E-state index < -0.39 is 0 Å². The topological polar surface area (TPSA) is 32.3 Å². The van der Waals surface area contributed by atoms with E-state index >= 15 is 0 Å². The number of hydrogen-bond donors (Lipinski definition) is 1. The molecule has 0 aromatic heterocycles. The Morgan fingerprint density at radius 1 is 1.19 bits per heavy atom. The minimum absolute atomic E-state index is 0.0813. The third-order valence-corrected chi connectivity index (χ3v) is 3.95. The number of rotatable bonds is 5. The number of carbonyl (C=O) groups is 1. The highest BCUT2D eigenvalue weighted by Gasteiger charge is 2.33. The first-order valence-electron chi connectivity index (χ1n) is 6.64. The van der Waals surface area contributed by atoms with Crippen LogP contribution in [0.4, 0.5) is 0 Å². The Labute approximate surface area is 99.6 Å². The summed E-state index contributed by atoms with van der Waals surface area (Å²) in [4.78, 5) is 14.1. The van der Waals surface area contributed by atoms with Gasteiger partial charge in [0.25, 0.3) is 0 Å². The van der Waals surface area contributed by atoms with Crippen molar-refractivity contribution < 1.29 is 4.79 Å². The minimum Gasteiger partial charge on any atom is -0.343 e. The van der Waals surface area contributed by atoms with Gasteiger partial charge in [0.15, 0.2) is 0 Å². The lowest BCUT2D eigenvalue weighted by atomic mass is 9.79. The second-order valence-electron chi connectivity index (χ2n) is 4.83. The summed E-state index contributed by atoms with van der Waals surface area (Å²) in [5.41, 5.74) is 0.0813. The maximum Gasteiger partial charge on any atom is 0.224 e. The number of hydrogen-bond acceptors (Lipinski definition) is 2. The van der Waals surface area contributed by atoms with Gasteiger partial charge >= 0.3 is 0 Å². The fraction of sp³-hybridized carbons (Fsp3) is 0.923. The fourth-order valence-corrected chi connectivity index (χ4v) is 2.72. The molecule has 1 aliphatic carbocycles. The van der Waals surface area contributed by atoms with Gasteiger partial charge in [-0.25, -0.2) is 0 Å². The Morgan fingerprint density at radius 3 is 2.19 bits per heavy atom. The normalized spacial score (nSPS) is 19.4. The van der Waals surface area contributed by atoms with Crippen molar-refractivity contribution in [2.45, 2.75) is 57.9 Å². The van der Waals surface area contributed by atoms with Gasteiger partial charge < -0.3 is 10.2 Å². The zero-order chi connectivity index (χ0) is 12.0. The van der Waals surface area contributed by atoms with Gasteiger partial charge in [0, 0.05) is 25.0 Å². The summed E-state index contributed by atoms with van der Waals surface area (Å²) >= 11 is 0. The molecular weight excluding hydrogens is 200 g/mol. The van der Waals surface area contributed by atoms with Crippen molar-refractivity contribution in [1.82, 2.24) is 10.2 Å².